The summed E-state index contributed by atoms with van der Waals surface area (Å²) in [6, 6.07) is 4.70. The Balaban J connectivity index is 1.63. The van der Waals surface area contributed by atoms with Crippen LogP contribution in [0.15, 0.2) is 18.2 Å². The number of hydrogen-bond acceptors (Lipinski definition) is 1. The van der Waals surface area contributed by atoms with Crippen molar-refractivity contribution < 1.29 is 13.6 Å². The summed E-state index contributed by atoms with van der Waals surface area (Å²) in [4.78, 5) is 16.9. The SMILES string of the molecule is C[C@@H]1CC[C@H](CCc2ccc(F)c(F)c2)N1C(=O)N1CCCCC1. The van der Waals surface area contributed by atoms with Crippen LogP contribution in [-0.4, -0.2) is 41.0 Å². The van der Waals surface area contributed by atoms with Crippen LogP contribution >= 0.6 is 0 Å². The van der Waals surface area contributed by atoms with E-state index < -0.39 is 11.6 Å². The monoisotopic (exact) mass is 336 g/mol. The predicted octanol–water partition coefficient (Wildman–Crippen LogP) is 4.36. The number of aryl methyl sites for hydroxylation is 1. The van der Waals surface area contributed by atoms with Crippen molar-refractivity contribution >= 4 is 6.03 Å². The molecule has 0 radical (unpaired) electrons. The van der Waals surface area contributed by atoms with E-state index in [1.54, 1.807) is 6.07 Å². The number of halogens is 2. The Morgan fingerprint density at radius 1 is 1.12 bits per heavy atom. The maximum atomic E-state index is 13.3. The zero-order valence-electron chi connectivity index (χ0n) is 14.3. The molecule has 2 saturated heterocycles. The highest BCUT2D eigenvalue weighted by Crippen LogP contribution is 2.29. The highest BCUT2D eigenvalue weighted by Gasteiger charge is 2.36. The van der Waals surface area contributed by atoms with E-state index in [1.807, 2.05) is 9.80 Å². The molecule has 24 heavy (non-hydrogen) atoms. The maximum Gasteiger partial charge on any atom is 0.320 e. The first-order valence-corrected chi connectivity index (χ1v) is 9.07. The van der Waals surface area contributed by atoms with Gasteiger partial charge in [-0.15, -0.1) is 0 Å². The van der Waals surface area contributed by atoms with Gasteiger partial charge < -0.3 is 9.80 Å². The molecule has 2 atom stereocenters. The highest BCUT2D eigenvalue weighted by molar-refractivity contribution is 5.75. The summed E-state index contributed by atoms with van der Waals surface area (Å²) < 4.78 is 26.4. The second-order valence-corrected chi connectivity index (χ2v) is 7.10. The molecule has 3 nitrogen and oxygen atoms in total. The van der Waals surface area contributed by atoms with Crippen LogP contribution < -0.4 is 0 Å². The molecule has 0 N–H and O–H groups in total. The Kier molecular flexibility index (Phi) is 5.36. The molecule has 0 bridgehead atoms. The highest BCUT2D eigenvalue weighted by atomic mass is 19.2. The zero-order chi connectivity index (χ0) is 17.1. The minimum absolute atomic E-state index is 0.162. The number of carbonyl (C=O) groups excluding carboxylic acids is 1. The lowest BCUT2D eigenvalue weighted by molar-refractivity contribution is 0.124. The lowest BCUT2D eigenvalue weighted by Gasteiger charge is -2.36. The summed E-state index contributed by atoms with van der Waals surface area (Å²) in [7, 11) is 0. The van der Waals surface area contributed by atoms with Crippen molar-refractivity contribution in [1.29, 1.82) is 0 Å². The van der Waals surface area contributed by atoms with Gasteiger partial charge in [-0.3, -0.25) is 0 Å². The van der Waals surface area contributed by atoms with Crippen molar-refractivity contribution in [1.82, 2.24) is 9.80 Å². The first-order chi connectivity index (χ1) is 11.6. The molecule has 1 aromatic rings. The van der Waals surface area contributed by atoms with Crippen molar-refractivity contribution in [2.75, 3.05) is 13.1 Å². The lowest BCUT2D eigenvalue weighted by atomic mass is 10.0. The largest absolute Gasteiger partial charge is 0.325 e. The number of nitrogens with zero attached hydrogens (tertiary/aromatic N) is 2. The fourth-order valence-corrected chi connectivity index (χ4v) is 3.98. The van der Waals surface area contributed by atoms with E-state index in [9.17, 15) is 13.6 Å². The average Bonchev–Trinajstić information content (AvgIpc) is 2.97. The van der Waals surface area contributed by atoms with E-state index in [2.05, 4.69) is 6.92 Å². The van der Waals surface area contributed by atoms with Crippen LogP contribution in [0.3, 0.4) is 0 Å². The predicted molar refractivity (Wildman–Crippen MR) is 89.8 cm³/mol. The fourth-order valence-electron chi connectivity index (χ4n) is 3.98. The maximum absolute atomic E-state index is 13.3. The third-order valence-corrected chi connectivity index (χ3v) is 5.38. The summed E-state index contributed by atoms with van der Waals surface area (Å²) in [6.07, 6.45) is 6.86. The molecule has 0 spiro atoms. The molecule has 2 fully saturated rings. The van der Waals surface area contributed by atoms with Gasteiger partial charge >= 0.3 is 6.03 Å². The molecule has 0 aliphatic carbocycles. The summed E-state index contributed by atoms with van der Waals surface area (Å²) in [5.41, 5.74) is 0.791. The lowest BCUT2D eigenvalue weighted by Crippen LogP contribution is -2.49. The summed E-state index contributed by atoms with van der Waals surface area (Å²) >= 11 is 0. The van der Waals surface area contributed by atoms with Gasteiger partial charge in [0.05, 0.1) is 0 Å². The van der Waals surface area contributed by atoms with Crippen LogP contribution in [0.25, 0.3) is 0 Å². The van der Waals surface area contributed by atoms with E-state index in [1.165, 1.54) is 18.6 Å². The minimum atomic E-state index is -0.810. The van der Waals surface area contributed by atoms with Crippen LogP contribution in [-0.2, 0) is 6.42 Å². The van der Waals surface area contributed by atoms with Crippen LogP contribution in [0, 0.1) is 11.6 Å². The number of hydrogen-bond donors (Lipinski definition) is 0. The third kappa shape index (κ3) is 3.70. The Hall–Kier alpha value is -1.65. The molecule has 2 heterocycles. The molecule has 5 heteroatoms. The smallest absolute Gasteiger partial charge is 0.320 e. The first kappa shape index (κ1) is 17.2. The fraction of sp³-hybridized carbons (Fsp3) is 0.632. The molecular formula is C19H26F2N2O. The zero-order valence-corrected chi connectivity index (χ0v) is 14.3. The molecule has 0 saturated carbocycles. The number of rotatable bonds is 3. The molecule has 1 aromatic carbocycles. The van der Waals surface area contributed by atoms with Gasteiger partial charge in [0.1, 0.15) is 0 Å². The molecule has 2 amide bonds. The summed E-state index contributed by atoms with van der Waals surface area (Å²) in [6.45, 7) is 3.83. The standard InChI is InChI=1S/C19H26F2N2O/c1-14-5-8-16(9-6-15-7-10-17(20)18(21)13-15)23(14)19(24)22-11-3-2-4-12-22/h7,10,13-14,16H,2-6,8-9,11-12H2,1H3/t14-,16-/m1/s1. The summed E-state index contributed by atoms with van der Waals surface area (Å²) in [5.74, 6) is -1.61. The minimum Gasteiger partial charge on any atom is -0.325 e. The topological polar surface area (TPSA) is 23.6 Å². The van der Waals surface area contributed by atoms with E-state index in [-0.39, 0.29) is 18.1 Å². The molecule has 0 unspecified atom stereocenters. The van der Waals surface area contributed by atoms with Gasteiger partial charge in [0, 0.05) is 25.2 Å². The second-order valence-electron chi connectivity index (χ2n) is 7.10. The quantitative estimate of drug-likeness (QED) is 0.805. The second kappa shape index (κ2) is 7.49. The molecule has 0 aromatic heterocycles. The van der Waals surface area contributed by atoms with E-state index >= 15 is 0 Å². The first-order valence-electron chi connectivity index (χ1n) is 9.07. The van der Waals surface area contributed by atoms with Crippen LogP contribution in [0.2, 0.25) is 0 Å². The third-order valence-electron chi connectivity index (χ3n) is 5.38. The van der Waals surface area contributed by atoms with Crippen LogP contribution in [0.1, 0.15) is 51.0 Å². The van der Waals surface area contributed by atoms with Gasteiger partial charge in [-0.1, -0.05) is 6.07 Å². The normalized spacial score (nSPS) is 24.5. The van der Waals surface area contributed by atoms with E-state index in [4.69, 9.17) is 0 Å². The van der Waals surface area contributed by atoms with Crippen molar-refractivity contribution in [2.24, 2.45) is 0 Å². The number of likely N-dealkylation sites (tertiary alicyclic amines) is 2. The van der Waals surface area contributed by atoms with Crippen LogP contribution in [0.5, 0.6) is 0 Å². The average molecular weight is 336 g/mol. The van der Waals surface area contributed by atoms with Gasteiger partial charge in [0.15, 0.2) is 11.6 Å². The van der Waals surface area contributed by atoms with Crippen molar-refractivity contribution in [3.8, 4) is 0 Å². The van der Waals surface area contributed by atoms with Gasteiger partial charge in [0.2, 0.25) is 0 Å². The van der Waals surface area contributed by atoms with E-state index in [0.717, 1.165) is 50.8 Å². The van der Waals surface area contributed by atoms with E-state index in [0.29, 0.717) is 6.42 Å². The Bertz CT molecular complexity index is 587. The Morgan fingerprint density at radius 3 is 2.58 bits per heavy atom. The molecule has 2 aliphatic heterocycles. The molecule has 2 aliphatic rings. The Labute approximate surface area is 142 Å². The number of piperidine rings is 1. The molecule has 132 valence electrons. The van der Waals surface area contributed by atoms with Crippen molar-refractivity contribution in [2.45, 2.75) is 64.0 Å². The van der Waals surface area contributed by atoms with Crippen molar-refractivity contribution in [3.63, 3.8) is 0 Å². The number of benzene rings is 1. The van der Waals surface area contributed by atoms with Gasteiger partial charge in [-0.2, -0.15) is 0 Å². The Morgan fingerprint density at radius 2 is 1.88 bits per heavy atom. The van der Waals surface area contributed by atoms with Gasteiger partial charge in [-0.05, 0) is 69.6 Å². The molecule has 3 rings (SSSR count). The number of carbonyl (C=O) groups is 1. The summed E-state index contributed by atoms with van der Waals surface area (Å²) in [5, 5.41) is 0. The number of urea groups is 1. The van der Waals surface area contributed by atoms with Crippen molar-refractivity contribution in [3.05, 3.63) is 35.4 Å². The van der Waals surface area contributed by atoms with Gasteiger partial charge in [-0.25, -0.2) is 13.6 Å². The number of amides is 2. The van der Waals surface area contributed by atoms with Gasteiger partial charge in [0.25, 0.3) is 0 Å². The van der Waals surface area contributed by atoms with Crippen LogP contribution in [0.4, 0.5) is 13.6 Å². The molecular weight excluding hydrogens is 310 g/mol.